The van der Waals surface area contributed by atoms with Gasteiger partial charge in [0.1, 0.15) is 11.6 Å². The van der Waals surface area contributed by atoms with Gasteiger partial charge in [-0.25, -0.2) is 8.78 Å². The minimum absolute atomic E-state index is 0.0853. The zero-order valence-corrected chi connectivity index (χ0v) is 13.3. The normalized spacial score (nSPS) is 12.4. The van der Waals surface area contributed by atoms with Gasteiger partial charge in [-0.2, -0.15) is 0 Å². The van der Waals surface area contributed by atoms with E-state index in [-0.39, 0.29) is 16.1 Å². The molecule has 1 N–H and O–H groups in total. The van der Waals surface area contributed by atoms with E-state index in [2.05, 4.69) is 26.2 Å². The van der Waals surface area contributed by atoms with E-state index in [1.165, 1.54) is 12.1 Å². The first-order valence-corrected chi connectivity index (χ1v) is 7.69. The third kappa shape index (κ3) is 4.08. The number of pyridine rings is 1. The van der Waals surface area contributed by atoms with E-state index in [0.717, 1.165) is 5.69 Å². The van der Waals surface area contributed by atoms with Gasteiger partial charge in [-0.15, -0.1) is 0 Å². The summed E-state index contributed by atoms with van der Waals surface area (Å²) >= 11 is 3.11. The minimum Gasteiger partial charge on any atom is -0.310 e. The Morgan fingerprint density at radius 1 is 1.24 bits per heavy atom. The van der Waals surface area contributed by atoms with Crippen LogP contribution in [-0.2, 0) is 6.42 Å². The molecule has 1 aromatic heterocycles. The Labute approximate surface area is 131 Å². The number of nitrogens with zero attached hydrogens (tertiary/aromatic N) is 1. The second-order valence-corrected chi connectivity index (χ2v) is 5.58. The number of benzene rings is 1. The van der Waals surface area contributed by atoms with Crippen molar-refractivity contribution in [1.82, 2.24) is 10.3 Å². The highest BCUT2D eigenvalue weighted by Gasteiger charge is 2.21. The predicted molar refractivity (Wildman–Crippen MR) is 83.0 cm³/mol. The Balaban J connectivity index is 2.21. The molecule has 0 saturated carbocycles. The van der Waals surface area contributed by atoms with Gasteiger partial charge in [0.05, 0.1) is 4.47 Å². The van der Waals surface area contributed by atoms with Crippen LogP contribution < -0.4 is 5.32 Å². The number of aromatic nitrogens is 1. The average Bonchev–Trinajstić information content (AvgIpc) is 2.50. The molecule has 1 atom stereocenters. The Bertz CT molecular complexity index is 590. The molecule has 0 fully saturated rings. The summed E-state index contributed by atoms with van der Waals surface area (Å²) in [7, 11) is 0. The van der Waals surface area contributed by atoms with Crippen molar-refractivity contribution in [3.63, 3.8) is 0 Å². The van der Waals surface area contributed by atoms with Gasteiger partial charge in [0.15, 0.2) is 0 Å². The fraction of sp³-hybridized carbons (Fsp3) is 0.312. The zero-order valence-electron chi connectivity index (χ0n) is 11.7. The third-order valence-electron chi connectivity index (χ3n) is 3.29. The second-order valence-electron chi connectivity index (χ2n) is 4.73. The molecule has 0 aliphatic rings. The van der Waals surface area contributed by atoms with Crippen LogP contribution in [0.4, 0.5) is 8.78 Å². The number of nitrogens with one attached hydrogen (secondary N) is 1. The fourth-order valence-electron chi connectivity index (χ4n) is 2.30. The van der Waals surface area contributed by atoms with Gasteiger partial charge >= 0.3 is 0 Å². The number of rotatable bonds is 6. The van der Waals surface area contributed by atoms with Crippen LogP contribution >= 0.6 is 15.9 Å². The molecule has 1 unspecified atom stereocenters. The second kappa shape index (κ2) is 7.61. The molecule has 2 aromatic rings. The first-order chi connectivity index (χ1) is 10.1. The number of aryl methyl sites for hydroxylation is 1. The molecule has 112 valence electrons. The molecule has 0 aliphatic carbocycles. The molecule has 0 bridgehead atoms. The molecule has 0 radical (unpaired) electrons. The van der Waals surface area contributed by atoms with E-state index in [4.69, 9.17) is 0 Å². The van der Waals surface area contributed by atoms with Crippen molar-refractivity contribution in [2.45, 2.75) is 25.8 Å². The molecule has 1 aromatic carbocycles. The first-order valence-electron chi connectivity index (χ1n) is 6.90. The number of hydrogen-bond acceptors (Lipinski definition) is 2. The van der Waals surface area contributed by atoms with Crippen LogP contribution in [0.1, 0.15) is 30.6 Å². The molecule has 5 heteroatoms. The number of hydrogen-bond donors (Lipinski definition) is 1. The topological polar surface area (TPSA) is 24.9 Å². The Kier molecular flexibility index (Phi) is 5.82. The van der Waals surface area contributed by atoms with E-state index in [1.54, 1.807) is 6.20 Å². The summed E-state index contributed by atoms with van der Waals surface area (Å²) in [5, 5.41) is 3.15. The van der Waals surface area contributed by atoms with Crippen molar-refractivity contribution in [2.75, 3.05) is 6.54 Å². The quantitative estimate of drug-likeness (QED) is 0.777. The van der Waals surface area contributed by atoms with E-state index >= 15 is 0 Å². The van der Waals surface area contributed by atoms with Gasteiger partial charge in [-0.05, 0) is 59.6 Å². The predicted octanol–water partition coefficient (Wildman–Crippen LogP) is 4.41. The molecule has 2 rings (SSSR count). The van der Waals surface area contributed by atoms with Crippen molar-refractivity contribution < 1.29 is 8.78 Å². The summed E-state index contributed by atoms with van der Waals surface area (Å²) in [5.41, 5.74) is 0.998. The van der Waals surface area contributed by atoms with Crippen LogP contribution in [0, 0.1) is 11.6 Å². The van der Waals surface area contributed by atoms with Gasteiger partial charge in [0.25, 0.3) is 0 Å². The maximum Gasteiger partial charge on any atom is 0.145 e. The van der Waals surface area contributed by atoms with E-state index < -0.39 is 11.6 Å². The molecule has 0 saturated heterocycles. The molecule has 0 amide bonds. The summed E-state index contributed by atoms with van der Waals surface area (Å²) < 4.78 is 28.5. The van der Waals surface area contributed by atoms with Crippen LogP contribution in [0.3, 0.4) is 0 Å². The van der Waals surface area contributed by atoms with Crippen molar-refractivity contribution >= 4 is 15.9 Å². The lowest BCUT2D eigenvalue weighted by Gasteiger charge is -2.20. The van der Waals surface area contributed by atoms with Crippen LogP contribution in [0.25, 0.3) is 0 Å². The molecule has 0 spiro atoms. The maximum absolute atomic E-state index is 14.2. The molecular weight excluding hydrogens is 338 g/mol. The zero-order chi connectivity index (χ0) is 15.2. The maximum atomic E-state index is 14.2. The molecule has 1 heterocycles. The van der Waals surface area contributed by atoms with Crippen molar-refractivity contribution in [3.05, 3.63) is 63.9 Å². The Morgan fingerprint density at radius 2 is 2.05 bits per heavy atom. The van der Waals surface area contributed by atoms with Crippen LogP contribution in [0.2, 0.25) is 0 Å². The highest BCUT2D eigenvalue weighted by Crippen LogP contribution is 2.29. The summed E-state index contributed by atoms with van der Waals surface area (Å²) in [6.07, 6.45) is 2.96. The van der Waals surface area contributed by atoms with Gasteiger partial charge in [0.2, 0.25) is 0 Å². The standard InChI is InChI=1S/C16H17BrF2N2/c1-2-20-14(9-6-11-5-3-4-10-21-11)15-13(18)8-7-12(17)16(15)19/h3-5,7-8,10,14,20H,2,6,9H2,1H3. The van der Waals surface area contributed by atoms with Crippen molar-refractivity contribution in [2.24, 2.45) is 0 Å². The Morgan fingerprint density at radius 3 is 2.71 bits per heavy atom. The highest BCUT2D eigenvalue weighted by molar-refractivity contribution is 9.10. The van der Waals surface area contributed by atoms with Crippen molar-refractivity contribution in [3.8, 4) is 0 Å². The van der Waals surface area contributed by atoms with Crippen molar-refractivity contribution in [1.29, 1.82) is 0 Å². The Hall–Kier alpha value is -1.33. The van der Waals surface area contributed by atoms with E-state index in [9.17, 15) is 8.78 Å². The molecule has 0 aliphatic heterocycles. The summed E-state index contributed by atoms with van der Waals surface area (Å²) in [5.74, 6) is -1.07. The smallest absolute Gasteiger partial charge is 0.145 e. The summed E-state index contributed by atoms with van der Waals surface area (Å²) in [6, 6.07) is 7.96. The lowest BCUT2D eigenvalue weighted by molar-refractivity contribution is 0.451. The van der Waals surface area contributed by atoms with E-state index in [1.807, 2.05) is 25.1 Å². The number of halogens is 3. The summed E-state index contributed by atoms with van der Waals surface area (Å²) in [6.45, 7) is 2.56. The lowest BCUT2D eigenvalue weighted by atomic mass is 9.99. The van der Waals surface area contributed by atoms with Crippen LogP contribution in [-0.4, -0.2) is 11.5 Å². The highest BCUT2D eigenvalue weighted by atomic mass is 79.9. The largest absolute Gasteiger partial charge is 0.310 e. The average molecular weight is 355 g/mol. The van der Waals surface area contributed by atoms with Gasteiger partial charge in [-0.1, -0.05) is 13.0 Å². The first kappa shape index (κ1) is 16.0. The molecule has 21 heavy (non-hydrogen) atoms. The summed E-state index contributed by atoms with van der Waals surface area (Å²) in [4.78, 5) is 4.24. The van der Waals surface area contributed by atoms with Gasteiger partial charge in [-0.3, -0.25) is 4.98 Å². The van der Waals surface area contributed by atoms with Gasteiger partial charge in [0, 0.05) is 23.5 Å². The molecule has 2 nitrogen and oxygen atoms in total. The third-order valence-corrected chi connectivity index (χ3v) is 3.91. The fourth-order valence-corrected chi connectivity index (χ4v) is 2.64. The van der Waals surface area contributed by atoms with Crippen LogP contribution in [0.15, 0.2) is 41.0 Å². The SMILES string of the molecule is CCNC(CCc1ccccn1)c1c(F)ccc(Br)c1F. The minimum atomic E-state index is -0.540. The van der Waals surface area contributed by atoms with E-state index in [0.29, 0.717) is 19.4 Å². The van der Waals surface area contributed by atoms with Crippen LogP contribution in [0.5, 0.6) is 0 Å². The molecular formula is C16H17BrF2N2. The van der Waals surface area contributed by atoms with Gasteiger partial charge < -0.3 is 5.32 Å². The lowest BCUT2D eigenvalue weighted by Crippen LogP contribution is -2.24. The monoisotopic (exact) mass is 354 g/mol.